The monoisotopic (exact) mass is 478 g/mol. The predicted molar refractivity (Wildman–Crippen MR) is 147 cm³/mol. The Morgan fingerprint density at radius 2 is 1.74 bits per heavy atom. The molecule has 6 unspecified atom stereocenters. The van der Waals surface area contributed by atoms with Crippen LogP contribution in [0.2, 0.25) is 0 Å². The van der Waals surface area contributed by atoms with Gasteiger partial charge in [-0.3, -0.25) is 0 Å². The molecule has 0 saturated carbocycles. The Hall–Kier alpha value is -0.640. The SMILES string of the molecule is CCCCC=C(C)CCCC(C)(O)CCCC(C)CCC1=CC(O)C(C)C(C)C1OCCCC. The van der Waals surface area contributed by atoms with Crippen molar-refractivity contribution in [2.75, 3.05) is 6.61 Å². The first-order chi connectivity index (χ1) is 16.1. The van der Waals surface area contributed by atoms with Gasteiger partial charge in [-0.05, 0) is 88.5 Å². The van der Waals surface area contributed by atoms with E-state index in [-0.39, 0.29) is 18.1 Å². The fourth-order valence-corrected chi connectivity index (χ4v) is 5.15. The second-order valence-corrected chi connectivity index (χ2v) is 11.7. The van der Waals surface area contributed by atoms with E-state index in [9.17, 15) is 10.2 Å². The van der Waals surface area contributed by atoms with Crippen LogP contribution in [-0.2, 0) is 4.74 Å². The topological polar surface area (TPSA) is 49.7 Å². The molecule has 0 saturated heterocycles. The number of aliphatic hydroxyl groups is 2. The van der Waals surface area contributed by atoms with Gasteiger partial charge in [0.25, 0.3) is 0 Å². The molecular weight excluding hydrogens is 420 g/mol. The van der Waals surface area contributed by atoms with E-state index in [2.05, 4.69) is 53.7 Å². The van der Waals surface area contributed by atoms with Gasteiger partial charge >= 0.3 is 0 Å². The highest BCUT2D eigenvalue weighted by atomic mass is 16.5. The maximum atomic E-state index is 10.8. The fourth-order valence-electron chi connectivity index (χ4n) is 5.15. The minimum absolute atomic E-state index is 0.150. The molecule has 0 spiro atoms. The zero-order valence-corrected chi connectivity index (χ0v) is 23.7. The number of hydrogen-bond donors (Lipinski definition) is 2. The number of aliphatic hydroxyl groups excluding tert-OH is 1. The average Bonchev–Trinajstić information content (AvgIpc) is 2.77. The summed E-state index contributed by atoms with van der Waals surface area (Å²) < 4.78 is 6.29. The van der Waals surface area contributed by atoms with Crippen molar-refractivity contribution >= 4 is 0 Å². The third-order valence-corrected chi connectivity index (χ3v) is 8.07. The van der Waals surface area contributed by atoms with Crippen molar-refractivity contribution in [3.63, 3.8) is 0 Å². The highest BCUT2D eigenvalue weighted by molar-refractivity contribution is 5.18. The van der Waals surface area contributed by atoms with E-state index in [1.807, 2.05) is 6.92 Å². The molecule has 34 heavy (non-hydrogen) atoms. The highest BCUT2D eigenvalue weighted by Crippen LogP contribution is 2.35. The van der Waals surface area contributed by atoms with Crippen LogP contribution in [0.4, 0.5) is 0 Å². The molecule has 3 heteroatoms. The van der Waals surface area contributed by atoms with Crippen LogP contribution in [0.25, 0.3) is 0 Å². The third-order valence-electron chi connectivity index (χ3n) is 8.07. The summed E-state index contributed by atoms with van der Waals surface area (Å²) in [5.74, 6) is 1.21. The Balaban J connectivity index is 2.40. The first-order valence-corrected chi connectivity index (χ1v) is 14.5. The summed E-state index contributed by atoms with van der Waals surface area (Å²) in [5.41, 5.74) is 2.22. The van der Waals surface area contributed by atoms with Gasteiger partial charge in [-0.1, -0.05) is 84.4 Å². The van der Waals surface area contributed by atoms with Crippen LogP contribution in [0.15, 0.2) is 23.3 Å². The Kier molecular flexibility index (Phi) is 15.6. The molecule has 0 amide bonds. The Labute approximate surface area is 212 Å². The molecule has 3 nitrogen and oxygen atoms in total. The van der Waals surface area contributed by atoms with E-state index >= 15 is 0 Å². The van der Waals surface area contributed by atoms with Crippen molar-refractivity contribution in [3.05, 3.63) is 23.3 Å². The van der Waals surface area contributed by atoms with Gasteiger partial charge in [0.2, 0.25) is 0 Å². The Morgan fingerprint density at radius 3 is 2.41 bits per heavy atom. The van der Waals surface area contributed by atoms with Gasteiger partial charge < -0.3 is 14.9 Å². The quantitative estimate of drug-likeness (QED) is 0.154. The van der Waals surface area contributed by atoms with Crippen molar-refractivity contribution in [2.45, 2.75) is 150 Å². The maximum absolute atomic E-state index is 10.8. The van der Waals surface area contributed by atoms with Gasteiger partial charge in [-0.2, -0.15) is 0 Å². The van der Waals surface area contributed by atoms with Crippen LogP contribution >= 0.6 is 0 Å². The molecular formula is C31H58O3. The standard InChI is InChI=1S/C31H58O3/c1-8-10-12-15-24(3)16-13-20-31(7,33)21-14-17-25(4)18-19-28-23-29(32)26(5)27(6)30(28)34-22-11-9-2/h15,23,25-27,29-30,32-33H,8-14,16-22H2,1-7H3. The second kappa shape index (κ2) is 16.9. The van der Waals surface area contributed by atoms with Crippen molar-refractivity contribution in [3.8, 4) is 0 Å². The van der Waals surface area contributed by atoms with Crippen LogP contribution in [0.5, 0.6) is 0 Å². The number of ether oxygens (including phenoxy) is 1. The van der Waals surface area contributed by atoms with Gasteiger partial charge in [0.05, 0.1) is 17.8 Å². The number of allylic oxidation sites excluding steroid dienone is 2. The summed E-state index contributed by atoms with van der Waals surface area (Å²) in [7, 11) is 0. The van der Waals surface area contributed by atoms with Crippen LogP contribution in [0, 0.1) is 17.8 Å². The van der Waals surface area contributed by atoms with Gasteiger partial charge in [-0.25, -0.2) is 0 Å². The molecule has 0 aliphatic heterocycles. The van der Waals surface area contributed by atoms with Crippen molar-refractivity contribution in [1.29, 1.82) is 0 Å². The molecule has 6 atom stereocenters. The zero-order chi connectivity index (χ0) is 25.6. The van der Waals surface area contributed by atoms with Crippen LogP contribution in [0.3, 0.4) is 0 Å². The van der Waals surface area contributed by atoms with E-state index in [0.717, 1.165) is 70.8 Å². The van der Waals surface area contributed by atoms with Crippen LogP contribution < -0.4 is 0 Å². The molecule has 1 aliphatic rings. The molecule has 2 N–H and O–H groups in total. The van der Waals surface area contributed by atoms with E-state index in [0.29, 0.717) is 11.8 Å². The number of hydrogen-bond acceptors (Lipinski definition) is 3. The normalized spacial score (nSPS) is 26.3. The Bertz CT molecular complexity index is 591. The zero-order valence-electron chi connectivity index (χ0n) is 23.7. The summed E-state index contributed by atoms with van der Waals surface area (Å²) in [6.45, 7) is 16.2. The molecule has 0 heterocycles. The molecule has 1 aliphatic carbocycles. The van der Waals surface area contributed by atoms with Gasteiger partial charge in [-0.15, -0.1) is 0 Å². The molecule has 0 radical (unpaired) electrons. The lowest BCUT2D eigenvalue weighted by Gasteiger charge is -2.38. The first kappa shape index (κ1) is 31.4. The van der Waals surface area contributed by atoms with E-state index in [1.54, 1.807) is 0 Å². The van der Waals surface area contributed by atoms with E-state index < -0.39 is 5.60 Å². The van der Waals surface area contributed by atoms with Crippen molar-refractivity contribution < 1.29 is 14.9 Å². The predicted octanol–water partition coefficient (Wildman–Crippen LogP) is 8.39. The average molecular weight is 479 g/mol. The molecule has 0 aromatic rings. The molecule has 0 bridgehead atoms. The lowest BCUT2D eigenvalue weighted by atomic mass is 9.76. The largest absolute Gasteiger partial charge is 0.390 e. The van der Waals surface area contributed by atoms with E-state index in [4.69, 9.17) is 4.74 Å². The molecule has 0 aromatic carbocycles. The van der Waals surface area contributed by atoms with Crippen LogP contribution in [0.1, 0.15) is 132 Å². The molecule has 200 valence electrons. The highest BCUT2D eigenvalue weighted by Gasteiger charge is 2.34. The van der Waals surface area contributed by atoms with Gasteiger partial charge in [0.15, 0.2) is 0 Å². The maximum Gasteiger partial charge on any atom is 0.0815 e. The Morgan fingerprint density at radius 1 is 1.06 bits per heavy atom. The minimum atomic E-state index is -0.552. The fraction of sp³-hybridized carbons (Fsp3) is 0.871. The molecule has 0 aromatic heterocycles. The number of rotatable bonds is 18. The minimum Gasteiger partial charge on any atom is -0.390 e. The lowest BCUT2D eigenvalue weighted by molar-refractivity contribution is -0.0123. The summed E-state index contributed by atoms with van der Waals surface area (Å²) in [6.07, 6.45) is 18.5. The summed E-state index contributed by atoms with van der Waals surface area (Å²) in [6, 6.07) is 0. The lowest BCUT2D eigenvalue weighted by Crippen LogP contribution is -2.39. The van der Waals surface area contributed by atoms with E-state index in [1.165, 1.54) is 30.4 Å². The summed E-state index contributed by atoms with van der Waals surface area (Å²) in [5, 5.41) is 21.3. The molecule has 0 fully saturated rings. The summed E-state index contributed by atoms with van der Waals surface area (Å²) >= 11 is 0. The second-order valence-electron chi connectivity index (χ2n) is 11.7. The van der Waals surface area contributed by atoms with Crippen molar-refractivity contribution in [2.24, 2.45) is 17.8 Å². The summed E-state index contributed by atoms with van der Waals surface area (Å²) in [4.78, 5) is 0. The van der Waals surface area contributed by atoms with Crippen molar-refractivity contribution in [1.82, 2.24) is 0 Å². The first-order valence-electron chi connectivity index (χ1n) is 14.5. The number of unbranched alkanes of at least 4 members (excludes halogenated alkanes) is 3. The van der Waals surface area contributed by atoms with Crippen LogP contribution in [-0.4, -0.2) is 34.6 Å². The molecule has 1 rings (SSSR count). The smallest absolute Gasteiger partial charge is 0.0815 e. The third kappa shape index (κ3) is 12.4. The van der Waals surface area contributed by atoms with Gasteiger partial charge in [0, 0.05) is 6.61 Å². The van der Waals surface area contributed by atoms with Gasteiger partial charge in [0.1, 0.15) is 0 Å².